The Balaban J connectivity index is 1.40. The van der Waals surface area contributed by atoms with Gasteiger partial charge in [-0.15, -0.1) is 0 Å². The van der Waals surface area contributed by atoms with Crippen molar-refractivity contribution in [2.45, 2.75) is 12.8 Å². The summed E-state index contributed by atoms with van der Waals surface area (Å²) in [5.74, 6) is 0.135. The van der Waals surface area contributed by atoms with Gasteiger partial charge in [0.2, 0.25) is 5.91 Å². The molecule has 1 saturated heterocycles. The predicted molar refractivity (Wildman–Crippen MR) is 108 cm³/mol. The molecule has 0 aliphatic carbocycles. The largest absolute Gasteiger partial charge is 0.459 e. The summed E-state index contributed by atoms with van der Waals surface area (Å²) < 4.78 is 5.19. The maximum absolute atomic E-state index is 12.8. The molecular formula is C23H22N2O3. The van der Waals surface area contributed by atoms with E-state index < -0.39 is 0 Å². The summed E-state index contributed by atoms with van der Waals surface area (Å²) in [6.07, 6.45) is 2.79. The summed E-state index contributed by atoms with van der Waals surface area (Å²) in [5, 5.41) is 3.09. The van der Waals surface area contributed by atoms with Gasteiger partial charge in [0.25, 0.3) is 5.91 Å². The SMILES string of the molecule is O=C(Nc1ccccc1-c1ccccc1)C1CCN(C(=O)c2ccco2)CC1. The number of rotatable bonds is 4. The lowest BCUT2D eigenvalue weighted by Gasteiger charge is -2.31. The van der Waals surface area contributed by atoms with Gasteiger partial charge in [0.1, 0.15) is 0 Å². The first-order chi connectivity index (χ1) is 13.7. The first kappa shape index (κ1) is 18.0. The monoisotopic (exact) mass is 374 g/mol. The number of carbonyl (C=O) groups is 2. The van der Waals surface area contributed by atoms with Crippen LogP contribution in [0.1, 0.15) is 23.4 Å². The number of nitrogens with zero attached hydrogens (tertiary/aromatic N) is 1. The first-order valence-corrected chi connectivity index (χ1v) is 9.50. The maximum atomic E-state index is 12.8. The lowest BCUT2D eigenvalue weighted by Crippen LogP contribution is -2.41. The van der Waals surface area contributed by atoms with E-state index in [0.29, 0.717) is 31.7 Å². The van der Waals surface area contributed by atoms with E-state index in [1.54, 1.807) is 17.0 Å². The average molecular weight is 374 g/mol. The Morgan fingerprint density at radius 2 is 1.61 bits per heavy atom. The van der Waals surface area contributed by atoms with Crippen molar-refractivity contribution in [3.63, 3.8) is 0 Å². The number of hydrogen-bond acceptors (Lipinski definition) is 3. The summed E-state index contributed by atoms with van der Waals surface area (Å²) in [4.78, 5) is 26.9. The van der Waals surface area contributed by atoms with Crippen LogP contribution in [0, 0.1) is 5.92 Å². The minimum Gasteiger partial charge on any atom is -0.459 e. The molecule has 0 unspecified atom stereocenters. The number of piperidine rings is 1. The quantitative estimate of drug-likeness (QED) is 0.734. The third kappa shape index (κ3) is 3.83. The zero-order valence-electron chi connectivity index (χ0n) is 15.5. The van der Waals surface area contributed by atoms with Gasteiger partial charge < -0.3 is 14.6 Å². The van der Waals surface area contributed by atoms with E-state index in [4.69, 9.17) is 4.42 Å². The molecule has 2 aromatic carbocycles. The Kier molecular flexibility index (Phi) is 5.24. The summed E-state index contributed by atoms with van der Waals surface area (Å²) >= 11 is 0. The van der Waals surface area contributed by atoms with E-state index in [2.05, 4.69) is 5.32 Å². The summed E-state index contributed by atoms with van der Waals surface area (Å²) in [5.41, 5.74) is 2.88. The van der Waals surface area contributed by atoms with Crippen LogP contribution in [0.4, 0.5) is 5.69 Å². The highest BCUT2D eigenvalue weighted by molar-refractivity contribution is 5.97. The lowest BCUT2D eigenvalue weighted by molar-refractivity contribution is -0.121. The molecule has 5 heteroatoms. The molecule has 4 rings (SSSR count). The highest BCUT2D eigenvalue weighted by Gasteiger charge is 2.29. The molecule has 0 saturated carbocycles. The van der Waals surface area contributed by atoms with Crippen molar-refractivity contribution in [3.05, 3.63) is 78.8 Å². The molecule has 2 heterocycles. The molecule has 0 radical (unpaired) electrons. The van der Waals surface area contributed by atoms with Crippen LogP contribution in [0.15, 0.2) is 77.4 Å². The fourth-order valence-corrected chi connectivity index (χ4v) is 3.60. The molecular weight excluding hydrogens is 352 g/mol. The minimum atomic E-state index is -0.113. The normalized spacial score (nSPS) is 14.6. The number of carbonyl (C=O) groups excluding carboxylic acids is 2. The molecule has 3 aromatic rings. The van der Waals surface area contributed by atoms with Gasteiger partial charge in [0, 0.05) is 30.3 Å². The van der Waals surface area contributed by atoms with Gasteiger partial charge >= 0.3 is 0 Å². The molecule has 1 aromatic heterocycles. The maximum Gasteiger partial charge on any atom is 0.289 e. The van der Waals surface area contributed by atoms with Crippen molar-refractivity contribution in [1.82, 2.24) is 4.90 Å². The van der Waals surface area contributed by atoms with Crippen molar-refractivity contribution in [1.29, 1.82) is 0 Å². The Bertz CT molecular complexity index is 943. The van der Waals surface area contributed by atoms with Crippen molar-refractivity contribution in [2.75, 3.05) is 18.4 Å². The number of furan rings is 1. The number of para-hydroxylation sites is 1. The number of hydrogen-bond donors (Lipinski definition) is 1. The Labute approximate surface area is 164 Å². The van der Waals surface area contributed by atoms with E-state index in [-0.39, 0.29) is 17.7 Å². The standard InChI is InChI=1S/C23H22N2O3/c26-22(18-12-14-25(15-13-18)23(27)21-11-6-16-28-21)24-20-10-5-4-9-19(20)17-7-2-1-3-8-17/h1-11,16,18H,12-15H2,(H,24,26). The van der Waals surface area contributed by atoms with Gasteiger partial charge in [0.15, 0.2) is 5.76 Å². The predicted octanol–water partition coefficient (Wildman–Crippen LogP) is 4.44. The van der Waals surface area contributed by atoms with Gasteiger partial charge in [-0.25, -0.2) is 0 Å². The highest BCUT2D eigenvalue weighted by atomic mass is 16.3. The van der Waals surface area contributed by atoms with Crippen molar-refractivity contribution in [3.8, 4) is 11.1 Å². The van der Waals surface area contributed by atoms with Gasteiger partial charge in [-0.05, 0) is 36.6 Å². The van der Waals surface area contributed by atoms with Crippen LogP contribution in [0.5, 0.6) is 0 Å². The molecule has 2 amide bonds. The van der Waals surface area contributed by atoms with Gasteiger partial charge in [-0.2, -0.15) is 0 Å². The molecule has 5 nitrogen and oxygen atoms in total. The third-order valence-electron chi connectivity index (χ3n) is 5.15. The molecule has 0 spiro atoms. The van der Waals surface area contributed by atoms with E-state index in [9.17, 15) is 9.59 Å². The fraction of sp³-hybridized carbons (Fsp3) is 0.217. The summed E-state index contributed by atoms with van der Waals surface area (Å²) in [6, 6.07) is 21.2. The molecule has 0 atom stereocenters. The van der Waals surface area contributed by atoms with E-state index in [1.165, 1.54) is 6.26 Å². The number of nitrogens with one attached hydrogen (secondary N) is 1. The smallest absolute Gasteiger partial charge is 0.289 e. The molecule has 142 valence electrons. The van der Waals surface area contributed by atoms with Crippen LogP contribution in [0.2, 0.25) is 0 Å². The molecule has 0 bridgehead atoms. The molecule has 1 fully saturated rings. The van der Waals surface area contributed by atoms with Crippen LogP contribution in [-0.4, -0.2) is 29.8 Å². The van der Waals surface area contributed by atoms with Crippen LogP contribution < -0.4 is 5.32 Å². The molecule has 1 aliphatic heterocycles. The van der Waals surface area contributed by atoms with Gasteiger partial charge in [-0.3, -0.25) is 9.59 Å². The Morgan fingerprint density at radius 3 is 2.32 bits per heavy atom. The van der Waals surface area contributed by atoms with Crippen LogP contribution >= 0.6 is 0 Å². The van der Waals surface area contributed by atoms with Crippen LogP contribution in [0.3, 0.4) is 0 Å². The van der Waals surface area contributed by atoms with E-state index in [1.807, 2.05) is 54.6 Å². The molecule has 1 aliphatic rings. The van der Waals surface area contributed by atoms with Gasteiger partial charge in [0.05, 0.1) is 6.26 Å². The lowest BCUT2D eigenvalue weighted by atomic mass is 9.95. The van der Waals surface area contributed by atoms with E-state index in [0.717, 1.165) is 16.8 Å². The van der Waals surface area contributed by atoms with Crippen LogP contribution in [0.25, 0.3) is 11.1 Å². The Hall–Kier alpha value is -3.34. The van der Waals surface area contributed by atoms with Gasteiger partial charge in [-0.1, -0.05) is 48.5 Å². The third-order valence-corrected chi connectivity index (χ3v) is 5.15. The fourth-order valence-electron chi connectivity index (χ4n) is 3.60. The second kappa shape index (κ2) is 8.13. The topological polar surface area (TPSA) is 62.6 Å². The highest BCUT2D eigenvalue weighted by Crippen LogP contribution is 2.29. The Morgan fingerprint density at radius 1 is 0.893 bits per heavy atom. The number of benzene rings is 2. The van der Waals surface area contributed by atoms with Crippen molar-refractivity contribution >= 4 is 17.5 Å². The zero-order valence-corrected chi connectivity index (χ0v) is 15.5. The van der Waals surface area contributed by atoms with Crippen molar-refractivity contribution < 1.29 is 14.0 Å². The number of likely N-dealkylation sites (tertiary alicyclic amines) is 1. The second-order valence-electron chi connectivity index (χ2n) is 6.94. The van der Waals surface area contributed by atoms with Crippen LogP contribution in [-0.2, 0) is 4.79 Å². The summed E-state index contributed by atoms with van der Waals surface area (Å²) in [6.45, 7) is 1.11. The minimum absolute atomic E-state index is 0.00785. The average Bonchev–Trinajstić information content (AvgIpc) is 3.29. The summed E-state index contributed by atoms with van der Waals surface area (Å²) in [7, 11) is 0. The molecule has 28 heavy (non-hydrogen) atoms. The first-order valence-electron chi connectivity index (χ1n) is 9.50. The number of amides is 2. The van der Waals surface area contributed by atoms with E-state index >= 15 is 0 Å². The van der Waals surface area contributed by atoms with Crippen molar-refractivity contribution in [2.24, 2.45) is 5.92 Å². The zero-order chi connectivity index (χ0) is 19.3. The number of anilines is 1. The molecule has 1 N–H and O–H groups in total. The second-order valence-corrected chi connectivity index (χ2v) is 6.94.